The van der Waals surface area contributed by atoms with Crippen LogP contribution in [-0.2, 0) is 23.0 Å². The maximum Gasteiger partial charge on any atom is 0.311 e. The zero-order valence-corrected chi connectivity index (χ0v) is 11.0. The second kappa shape index (κ2) is 5.63. The Bertz CT molecular complexity index is 582. The molecule has 0 spiro atoms. The molecule has 2 rings (SSSR count). The molecule has 2 heterocycles. The minimum Gasteiger partial charge on any atom is -0.466 e. The Morgan fingerprint density at radius 2 is 2.50 bits per heavy atom. The van der Waals surface area contributed by atoms with E-state index in [1.54, 1.807) is 19.2 Å². The quantitative estimate of drug-likeness (QED) is 0.844. The van der Waals surface area contributed by atoms with Gasteiger partial charge in [-0.2, -0.15) is 5.10 Å². The number of hydrogen-bond acceptors (Lipinski definition) is 5. The van der Waals surface area contributed by atoms with Gasteiger partial charge in [0.25, 0.3) is 0 Å². The third kappa shape index (κ3) is 2.86. The van der Waals surface area contributed by atoms with E-state index in [2.05, 4.69) is 15.2 Å². The van der Waals surface area contributed by atoms with Crippen LogP contribution in [0.4, 0.5) is 5.82 Å². The van der Waals surface area contributed by atoms with Gasteiger partial charge in [0.1, 0.15) is 0 Å². The van der Waals surface area contributed by atoms with Gasteiger partial charge in [-0.15, -0.1) is 11.3 Å². The summed E-state index contributed by atoms with van der Waals surface area (Å²) in [6.45, 7) is 2.20. The Kier molecular flexibility index (Phi) is 3.93. The summed E-state index contributed by atoms with van der Waals surface area (Å²) >= 11 is 1.48. The van der Waals surface area contributed by atoms with Crippen molar-refractivity contribution in [2.45, 2.75) is 13.3 Å². The lowest BCUT2D eigenvalue weighted by Gasteiger charge is -2.02. The molecule has 7 heteroatoms. The first kappa shape index (κ1) is 12.6. The summed E-state index contributed by atoms with van der Waals surface area (Å²) in [5.41, 5.74) is 0.886. The van der Waals surface area contributed by atoms with Crippen molar-refractivity contribution < 1.29 is 9.53 Å². The van der Waals surface area contributed by atoms with Gasteiger partial charge < -0.3 is 9.30 Å². The Morgan fingerprint density at radius 3 is 3.17 bits per heavy atom. The number of ether oxygens (including phenoxy) is 1. The number of aromatic amines is 1. The number of esters is 1. The fourth-order valence-corrected chi connectivity index (χ4v) is 2.35. The number of nitrogens with zero attached hydrogens (tertiary/aromatic N) is 3. The number of carbonyl (C=O) groups is 1. The molecule has 0 atom stereocenters. The van der Waals surface area contributed by atoms with E-state index in [9.17, 15) is 4.79 Å². The van der Waals surface area contributed by atoms with Gasteiger partial charge in [0.05, 0.1) is 19.2 Å². The van der Waals surface area contributed by atoms with Crippen LogP contribution in [0.2, 0.25) is 0 Å². The van der Waals surface area contributed by atoms with Gasteiger partial charge >= 0.3 is 5.97 Å². The Morgan fingerprint density at radius 1 is 1.67 bits per heavy atom. The molecule has 0 saturated heterocycles. The normalized spacial score (nSPS) is 11.8. The fourth-order valence-electron chi connectivity index (χ4n) is 1.44. The van der Waals surface area contributed by atoms with E-state index in [1.165, 1.54) is 11.3 Å². The van der Waals surface area contributed by atoms with E-state index < -0.39 is 0 Å². The summed E-state index contributed by atoms with van der Waals surface area (Å²) in [5, 5.41) is 8.51. The van der Waals surface area contributed by atoms with E-state index in [4.69, 9.17) is 4.74 Å². The van der Waals surface area contributed by atoms with E-state index in [1.807, 2.05) is 17.0 Å². The molecule has 2 aromatic rings. The molecule has 0 fully saturated rings. The molecule has 1 N–H and O–H groups in total. The molecule has 0 aromatic carbocycles. The fraction of sp³-hybridized carbons (Fsp3) is 0.364. The smallest absolute Gasteiger partial charge is 0.311 e. The molecule has 0 aliphatic carbocycles. The molecule has 0 unspecified atom stereocenters. The lowest BCUT2D eigenvalue weighted by Crippen LogP contribution is -2.16. The first-order valence-corrected chi connectivity index (χ1v) is 6.41. The molecular weight excluding hydrogens is 252 g/mol. The highest BCUT2D eigenvalue weighted by atomic mass is 32.1. The van der Waals surface area contributed by atoms with Crippen LogP contribution in [0.1, 0.15) is 12.6 Å². The number of H-pyrrole nitrogens is 1. The van der Waals surface area contributed by atoms with Crippen molar-refractivity contribution >= 4 is 23.1 Å². The lowest BCUT2D eigenvalue weighted by molar-refractivity contribution is -0.142. The molecule has 96 valence electrons. The molecule has 0 radical (unpaired) electrons. The molecule has 18 heavy (non-hydrogen) atoms. The van der Waals surface area contributed by atoms with Gasteiger partial charge in [-0.25, -0.2) is 4.99 Å². The third-order valence-electron chi connectivity index (χ3n) is 2.35. The Labute approximate surface area is 108 Å². The first-order valence-electron chi connectivity index (χ1n) is 5.54. The van der Waals surface area contributed by atoms with Crippen molar-refractivity contribution in [1.82, 2.24) is 14.8 Å². The van der Waals surface area contributed by atoms with Crippen molar-refractivity contribution in [3.63, 3.8) is 0 Å². The molecule has 0 saturated carbocycles. The van der Waals surface area contributed by atoms with Gasteiger partial charge in [-0.3, -0.25) is 9.89 Å². The average Bonchev–Trinajstić information content (AvgIpc) is 2.95. The van der Waals surface area contributed by atoms with Crippen LogP contribution < -0.4 is 4.80 Å². The molecular formula is C11H14N4O2S. The number of aromatic nitrogens is 3. The summed E-state index contributed by atoms with van der Waals surface area (Å²) in [6.07, 6.45) is 1.91. The summed E-state index contributed by atoms with van der Waals surface area (Å²) in [6, 6.07) is 1.78. The predicted octanol–water partition coefficient (Wildman–Crippen LogP) is 1.15. The number of hydrogen-bond donors (Lipinski definition) is 1. The van der Waals surface area contributed by atoms with Crippen LogP contribution in [0.25, 0.3) is 0 Å². The second-order valence-corrected chi connectivity index (χ2v) is 4.44. The van der Waals surface area contributed by atoms with Crippen LogP contribution in [-0.4, -0.2) is 27.3 Å². The van der Waals surface area contributed by atoms with E-state index in [-0.39, 0.29) is 12.4 Å². The highest BCUT2D eigenvalue weighted by molar-refractivity contribution is 7.07. The maximum absolute atomic E-state index is 11.4. The van der Waals surface area contributed by atoms with Gasteiger partial charge in [-0.1, -0.05) is 0 Å². The number of nitrogens with one attached hydrogen (secondary N) is 1. The van der Waals surface area contributed by atoms with Crippen LogP contribution in [0, 0.1) is 0 Å². The van der Waals surface area contributed by atoms with Crippen molar-refractivity contribution in [3.05, 3.63) is 28.1 Å². The maximum atomic E-state index is 11.4. The SMILES string of the molecule is CCOC(=O)Cc1cs/c(=N\c2ccn[nH]2)n1C. The minimum atomic E-state index is -0.223. The highest BCUT2D eigenvalue weighted by Crippen LogP contribution is 2.06. The highest BCUT2D eigenvalue weighted by Gasteiger charge is 2.08. The largest absolute Gasteiger partial charge is 0.466 e. The zero-order chi connectivity index (χ0) is 13.0. The number of carbonyl (C=O) groups excluding carboxylic acids is 1. The molecule has 0 aliphatic rings. The monoisotopic (exact) mass is 266 g/mol. The van der Waals surface area contributed by atoms with Gasteiger partial charge in [0.2, 0.25) is 0 Å². The topological polar surface area (TPSA) is 72.3 Å². The van der Waals surface area contributed by atoms with Crippen LogP contribution >= 0.6 is 11.3 Å². The van der Waals surface area contributed by atoms with Crippen molar-refractivity contribution in [2.75, 3.05) is 6.61 Å². The van der Waals surface area contributed by atoms with E-state index in [0.717, 1.165) is 10.5 Å². The first-order chi connectivity index (χ1) is 8.70. The van der Waals surface area contributed by atoms with Crippen LogP contribution in [0.5, 0.6) is 0 Å². The summed E-state index contributed by atoms with van der Waals surface area (Å²) in [4.78, 5) is 16.6. The van der Waals surface area contributed by atoms with Crippen molar-refractivity contribution in [2.24, 2.45) is 12.0 Å². The molecule has 0 aliphatic heterocycles. The Hall–Kier alpha value is -1.89. The standard InChI is InChI=1S/C11H14N4O2S/c1-3-17-10(16)6-8-7-18-11(15(8)2)13-9-4-5-12-14-9/h4-5,7H,3,6H2,1-2H3,(H,12,14)/b13-11-. The van der Waals surface area contributed by atoms with Gasteiger partial charge in [0, 0.05) is 24.2 Å². The summed E-state index contributed by atoms with van der Waals surface area (Å²) in [7, 11) is 1.88. The lowest BCUT2D eigenvalue weighted by atomic mass is 10.3. The van der Waals surface area contributed by atoms with E-state index in [0.29, 0.717) is 12.4 Å². The summed E-state index contributed by atoms with van der Waals surface area (Å²) in [5.74, 6) is 0.467. The van der Waals surface area contributed by atoms with Crippen LogP contribution in [0.3, 0.4) is 0 Å². The third-order valence-corrected chi connectivity index (χ3v) is 3.32. The average molecular weight is 266 g/mol. The zero-order valence-electron chi connectivity index (χ0n) is 10.2. The van der Waals surface area contributed by atoms with Gasteiger partial charge in [-0.05, 0) is 6.92 Å². The van der Waals surface area contributed by atoms with Crippen molar-refractivity contribution in [1.29, 1.82) is 0 Å². The Balaban J connectivity index is 2.21. The summed E-state index contributed by atoms with van der Waals surface area (Å²) < 4.78 is 6.80. The molecule has 0 bridgehead atoms. The molecule has 0 amide bonds. The number of rotatable bonds is 4. The van der Waals surface area contributed by atoms with E-state index >= 15 is 0 Å². The minimum absolute atomic E-state index is 0.223. The van der Waals surface area contributed by atoms with Gasteiger partial charge in [0.15, 0.2) is 10.6 Å². The van der Waals surface area contributed by atoms with Crippen LogP contribution in [0.15, 0.2) is 22.6 Å². The molecule has 2 aromatic heterocycles. The van der Waals surface area contributed by atoms with Crippen molar-refractivity contribution in [3.8, 4) is 0 Å². The predicted molar refractivity (Wildman–Crippen MR) is 67.4 cm³/mol. The molecule has 6 nitrogen and oxygen atoms in total. The second-order valence-electron chi connectivity index (χ2n) is 3.60. The number of thiazole rings is 1.